The second-order valence-electron chi connectivity index (χ2n) is 4.05. The van der Waals surface area contributed by atoms with Gasteiger partial charge in [0.15, 0.2) is 11.5 Å². The van der Waals surface area contributed by atoms with Gasteiger partial charge in [-0.3, -0.25) is 0 Å². The van der Waals surface area contributed by atoms with Gasteiger partial charge in [0.2, 0.25) is 0 Å². The third kappa shape index (κ3) is 2.46. The van der Waals surface area contributed by atoms with Crippen LogP contribution in [0.15, 0.2) is 53.4 Å². The van der Waals surface area contributed by atoms with E-state index in [2.05, 4.69) is 30.3 Å². The summed E-state index contributed by atoms with van der Waals surface area (Å²) in [7, 11) is 0. The average molecular weight is 258 g/mol. The van der Waals surface area contributed by atoms with E-state index in [1.165, 1.54) is 5.56 Å². The normalized spacial score (nSPS) is 13.3. The summed E-state index contributed by atoms with van der Waals surface area (Å²) in [5.41, 5.74) is 1.32. The largest absolute Gasteiger partial charge is 0.486 e. The van der Waals surface area contributed by atoms with Crippen molar-refractivity contribution in [2.24, 2.45) is 0 Å². The maximum Gasteiger partial charge on any atom is 0.174 e. The highest BCUT2D eigenvalue weighted by Crippen LogP contribution is 2.40. The Bertz CT molecular complexity index is 525. The van der Waals surface area contributed by atoms with Crippen molar-refractivity contribution in [3.8, 4) is 11.5 Å². The van der Waals surface area contributed by atoms with Gasteiger partial charge in [0, 0.05) is 5.75 Å². The summed E-state index contributed by atoms with van der Waals surface area (Å²) < 4.78 is 11.3. The van der Waals surface area contributed by atoms with Gasteiger partial charge in [0.05, 0.1) is 4.90 Å². The fraction of sp³-hybridized carbons (Fsp3) is 0.200. The molecule has 0 atom stereocenters. The molecule has 3 rings (SSSR count). The van der Waals surface area contributed by atoms with Crippen LogP contribution in [0.4, 0.5) is 0 Å². The second-order valence-corrected chi connectivity index (χ2v) is 5.07. The van der Waals surface area contributed by atoms with E-state index in [0.717, 1.165) is 22.1 Å². The molecule has 0 N–H and O–H groups in total. The minimum absolute atomic E-state index is 0.635. The zero-order valence-corrected chi connectivity index (χ0v) is 10.8. The van der Waals surface area contributed by atoms with Crippen molar-refractivity contribution in [1.82, 2.24) is 0 Å². The van der Waals surface area contributed by atoms with Crippen LogP contribution < -0.4 is 9.47 Å². The summed E-state index contributed by atoms with van der Waals surface area (Å²) in [6, 6.07) is 16.5. The molecule has 0 aliphatic carbocycles. The smallest absolute Gasteiger partial charge is 0.174 e. The van der Waals surface area contributed by atoms with Gasteiger partial charge in [-0.1, -0.05) is 36.4 Å². The molecule has 18 heavy (non-hydrogen) atoms. The molecule has 0 spiro atoms. The third-order valence-corrected chi connectivity index (χ3v) is 3.88. The van der Waals surface area contributed by atoms with Crippen LogP contribution in [0.3, 0.4) is 0 Å². The predicted octanol–water partition coefficient (Wildman–Crippen LogP) is 3.75. The van der Waals surface area contributed by atoms with Crippen molar-refractivity contribution in [3.63, 3.8) is 0 Å². The summed E-state index contributed by atoms with van der Waals surface area (Å²) >= 11 is 1.78. The predicted molar refractivity (Wildman–Crippen MR) is 73.4 cm³/mol. The van der Waals surface area contributed by atoms with E-state index in [4.69, 9.17) is 9.47 Å². The number of fused-ring (bicyclic) bond motifs is 1. The number of thioether (sulfide) groups is 1. The number of hydrogen-bond donors (Lipinski definition) is 0. The number of para-hydroxylation sites is 1. The molecule has 2 aromatic rings. The van der Waals surface area contributed by atoms with Gasteiger partial charge < -0.3 is 9.47 Å². The van der Waals surface area contributed by atoms with Gasteiger partial charge in [-0.25, -0.2) is 0 Å². The zero-order valence-electron chi connectivity index (χ0n) is 9.96. The summed E-state index contributed by atoms with van der Waals surface area (Å²) in [4.78, 5) is 1.15. The molecule has 0 unspecified atom stereocenters. The Balaban J connectivity index is 1.77. The van der Waals surface area contributed by atoms with E-state index in [9.17, 15) is 0 Å². The molecule has 0 saturated heterocycles. The van der Waals surface area contributed by atoms with E-state index in [-0.39, 0.29) is 0 Å². The van der Waals surface area contributed by atoms with Crippen LogP contribution in [0.5, 0.6) is 11.5 Å². The molecule has 1 aliphatic rings. The van der Waals surface area contributed by atoms with Gasteiger partial charge in [-0.05, 0) is 17.7 Å². The lowest BCUT2D eigenvalue weighted by Gasteiger charge is -2.20. The lowest BCUT2D eigenvalue weighted by molar-refractivity contribution is 0.167. The Labute approximate surface area is 111 Å². The number of benzene rings is 2. The monoisotopic (exact) mass is 258 g/mol. The van der Waals surface area contributed by atoms with Crippen LogP contribution in [-0.2, 0) is 5.75 Å². The topological polar surface area (TPSA) is 18.5 Å². The van der Waals surface area contributed by atoms with Crippen LogP contribution >= 0.6 is 11.8 Å². The molecule has 0 aromatic heterocycles. The van der Waals surface area contributed by atoms with Gasteiger partial charge in [-0.2, -0.15) is 0 Å². The average Bonchev–Trinajstić information content (AvgIpc) is 2.46. The van der Waals surface area contributed by atoms with Crippen molar-refractivity contribution in [2.45, 2.75) is 10.6 Å². The SMILES string of the molecule is c1ccc(CSc2cccc3c2OCCO3)cc1. The standard InChI is InChI=1S/C15H14O2S/c1-2-5-12(6-3-1)11-18-14-8-4-7-13-15(14)17-10-9-16-13/h1-8H,9-11H2. The minimum atomic E-state index is 0.635. The van der Waals surface area contributed by atoms with Crippen molar-refractivity contribution < 1.29 is 9.47 Å². The van der Waals surface area contributed by atoms with E-state index in [1.54, 1.807) is 11.8 Å². The molecular formula is C15H14O2S. The Morgan fingerprint density at radius 1 is 0.889 bits per heavy atom. The first-order valence-corrected chi connectivity index (χ1v) is 6.97. The Hall–Kier alpha value is -1.61. The Kier molecular flexibility index (Phi) is 3.42. The summed E-state index contributed by atoms with van der Waals surface area (Å²) in [6.45, 7) is 1.27. The molecule has 2 aromatic carbocycles. The van der Waals surface area contributed by atoms with Crippen LogP contribution in [0.1, 0.15) is 5.56 Å². The molecule has 1 heterocycles. The van der Waals surface area contributed by atoms with Crippen LogP contribution in [0.25, 0.3) is 0 Å². The maximum absolute atomic E-state index is 5.70. The van der Waals surface area contributed by atoms with Crippen molar-refractivity contribution in [1.29, 1.82) is 0 Å². The number of ether oxygens (including phenoxy) is 2. The van der Waals surface area contributed by atoms with Gasteiger partial charge in [-0.15, -0.1) is 11.8 Å². The van der Waals surface area contributed by atoms with E-state index < -0.39 is 0 Å². The zero-order chi connectivity index (χ0) is 12.2. The quantitative estimate of drug-likeness (QED) is 0.781. The molecule has 0 radical (unpaired) electrons. The maximum atomic E-state index is 5.70. The highest BCUT2D eigenvalue weighted by molar-refractivity contribution is 7.98. The van der Waals surface area contributed by atoms with Crippen LogP contribution in [-0.4, -0.2) is 13.2 Å². The van der Waals surface area contributed by atoms with E-state index >= 15 is 0 Å². The van der Waals surface area contributed by atoms with Crippen molar-refractivity contribution in [3.05, 3.63) is 54.1 Å². The van der Waals surface area contributed by atoms with E-state index in [0.29, 0.717) is 13.2 Å². The first-order valence-electron chi connectivity index (χ1n) is 5.99. The third-order valence-electron chi connectivity index (χ3n) is 2.77. The molecule has 2 nitrogen and oxygen atoms in total. The van der Waals surface area contributed by atoms with Gasteiger partial charge in [0.1, 0.15) is 13.2 Å². The van der Waals surface area contributed by atoms with E-state index in [1.807, 2.05) is 18.2 Å². The number of hydrogen-bond acceptors (Lipinski definition) is 3. The fourth-order valence-corrected chi connectivity index (χ4v) is 2.88. The van der Waals surface area contributed by atoms with Crippen molar-refractivity contribution in [2.75, 3.05) is 13.2 Å². The van der Waals surface area contributed by atoms with Crippen LogP contribution in [0, 0.1) is 0 Å². The second kappa shape index (κ2) is 5.36. The summed E-state index contributed by atoms with van der Waals surface area (Å²) in [6.07, 6.45) is 0. The van der Waals surface area contributed by atoms with Gasteiger partial charge in [0.25, 0.3) is 0 Å². The first kappa shape index (κ1) is 11.5. The molecule has 0 amide bonds. The summed E-state index contributed by atoms with van der Waals surface area (Å²) in [5, 5.41) is 0. The molecule has 0 fully saturated rings. The van der Waals surface area contributed by atoms with Crippen LogP contribution in [0.2, 0.25) is 0 Å². The van der Waals surface area contributed by atoms with Gasteiger partial charge >= 0.3 is 0 Å². The fourth-order valence-electron chi connectivity index (χ4n) is 1.90. The lowest BCUT2D eigenvalue weighted by atomic mass is 10.2. The Morgan fingerprint density at radius 3 is 2.61 bits per heavy atom. The number of rotatable bonds is 3. The molecule has 0 bridgehead atoms. The summed E-state index contributed by atoms with van der Waals surface area (Å²) in [5.74, 6) is 2.70. The molecule has 92 valence electrons. The minimum Gasteiger partial charge on any atom is -0.486 e. The molecule has 1 aliphatic heterocycles. The highest BCUT2D eigenvalue weighted by atomic mass is 32.2. The molecule has 0 saturated carbocycles. The lowest BCUT2D eigenvalue weighted by Crippen LogP contribution is -2.15. The Morgan fingerprint density at radius 2 is 1.72 bits per heavy atom. The highest BCUT2D eigenvalue weighted by Gasteiger charge is 2.15. The molecular weight excluding hydrogens is 244 g/mol. The molecule has 3 heteroatoms. The first-order chi connectivity index (χ1) is 8.93. The van der Waals surface area contributed by atoms with Crippen molar-refractivity contribution >= 4 is 11.8 Å².